The van der Waals surface area contributed by atoms with E-state index in [4.69, 9.17) is 0 Å². The van der Waals surface area contributed by atoms with E-state index in [1.807, 2.05) is 11.4 Å². The molecule has 3 nitrogen and oxygen atoms in total. The summed E-state index contributed by atoms with van der Waals surface area (Å²) in [4.78, 5) is 17.2. The lowest BCUT2D eigenvalue weighted by molar-refractivity contribution is -0.117. The average molecular weight is 276 g/mol. The molecule has 2 heterocycles. The number of aryl methyl sites for hydroxylation is 1. The van der Waals surface area contributed by atoms with Crippen LogP contribution in [0.1, 0.15) is 29.2 Å². The zero-order valence-electron chi connectivity index (χ0n) is 10.2. The van der Waals surface area contributed by atoms with Crippen LogP contribution in [0.3, 0.4) is 0 Å². The molecule has 98 valence electrons. The van der Waals surface area contributed by atoms with Crippen LogP contribution >= 0.6 is 11.3 Å². The number of hydrogen-bond acceptors (Lipinski definition) is 3. The van der Waals surface area contributed by atoms with Crippen molar-refractivity contribution < 1.29 is 9.18 Å². The van der Waals surface area contributed by atoms with Gasteiger partial charge < -0.3 is 5.32 Å². The number of hydrogen-bond donors (Lipinski definition) is 1. The van der Waals surface area contributed by atoms with E-state index >= 15 is 0 Å². The summed E-state index contributed by atoms with van der Waals surface area (Å²) in [5.74, 6) is -0.553. The summed E-state index contributed by atoms with van der Waals surface area (Å²) in [7, 11) is 0. The lowest BCUT2D eigenvalue weighted by atomic mass is 9.87. The number of nitrogens with zero attached hydrogens (tertiary/aromatic N) is 1. The van der Waals surface area contributed by atoms with Crippen molar-refractivity contribution in [3.05, 3.63) is 46.0 Å². The van der Waals surface area contributed by atoms with Gasteiger partial charge in [-0.3, -0.25) is 4.79 Å². The first-order chi connectivity index (χ1) is 9.24. The summed E-state index contributed by atoms with van der Waals surface area (Å²) in [6, 6.07) is 6.41. The zero-order chi connectivity index (χ0) is 13.2. The quantitative estimate of drug-likeness (QED) is 0.855. The van der Waals surface area contributed by atoms with E-state index in [0.29, 0.717) is 0 Å². The molecule has 1 atom stereocenters. The standard InChI is InChI=1S/C14H13FN2OS/c15-12-5-2-6-13(16-12)17-14(18)10-3-1-4-11-9(10)7-8-19-11/h2,5-8,10H,1,3-4H2,(H,16,17,18). The van der Waals surface area contributed by atoms with Crippen molar-refractivity contribution in [1.82, 2.24) is 4.98 Å². The smallest absolute Gasteiger partial charge is 0.233 e. The van der Waals surface area contributed by atoms with Gasteiger partial charge in [0.2, 0.25) is 11.9 Å². The first kappa shape index (κ1) is 12.3. The minimum Gasteiger partial charge on any atom is -0.310 e. The number of fused-ring (bicyclic) bond motifs is 1. The molecule has 19 heavy (non-hydrogen) atoms. The van der Waals surface area contributed by atoms with E-state index in [1.165, 1.54) is 17.0 Å². The van der Waals surface area contributed by atoms with Crippen molar-refractivity contribution in [2.75, 3.05) is 5.32 Å². The van der Waals surface area contributed by atoms with Crippen LogP contribution in [-0.2, 0) is 11.2 Å². The first-order valence-electron chi connectivity index (χ1n) is 6.24. The Kier molecular flexibility index (Phi) is 3.29. The Balaban J connectivity index is 1.79. The minimum atomic E-state index is -0.585. The summed E-state index contributed by atoms with van der Waals surface area (Å²) in [6.07, 6.45) is 2.90. The van der Waals surface area contributed by atoms with Crippen LogP contribution in [0.2, 0.25) is 0 Å². The molecular formula is C14H13FN2OS. The second-order valence-corrected chi connectivity index (χ2v) is 5.58. The van der Waals surface area contributed by atoms with Crippen LogP contribution in [0.5, 0.6) is 0 Å². The fourth-order valence-electron chi connectivity index (χ4n) is 2.45. The van der Waals surface area contributed by atoms with Gasteiger partial charge in [0.25, 0.3) is 0 Å². The molecule has 0 fully saturated rings. The highest BCUT2D eigenvalue weighted by molar-refractivity contribution is 7.10. The highest BCUT2D eigenvalue weighted by Gasteiger charge is 2.27. The largest absolute Gasteiger partial charge is 0.310 e. The highest BCUT2D eigenvalue weighted by Crippen LogP contribution is 2.35. The van der Waals surface area contributed by atoms with Crippen LogP contribution in [0.15, 0.2) is 29.6 Å². The Bertz CT molecular complexity index is 611. The second kappa shape index (κ2) is 5.09. The monoisotopic (exact) mass is 276 g/mol. The molecule has 1 aliphatic carbocycles. The van der Waals surface area contributed by atoms with Crippen molar-refractivity contribution in [3.63, 3.8) is 0 Å². The zero-order valence-corrected chi connectivity index (χ0v) is 11.0. The van der Waals surface area contributed by atoms with Gasteiger partial charge >= 0.3 is 0 Å². The van der Waals surface area contributed by atoms with Gasteiger partial charge in [0.05, 0.1) is 5.92 Å². The molecule has 0 bridgehead atoms. The van der Waals surface area contributed by atoms with Crippen LogP contribution < -0.4 is 5.32 Å². The van der Waals surface area contributed by atoms with E-state index in [9.17, 15) is 9.18 Å². The van der Waals surface area contributed by atoms with Crippen LogP contribution in [-0.4, -0.2) is 10.9 Å². The van der Waals surface area contributed by atoms with Crippen molar-refractivity contribution in [2.45, 2.75) is 25.2 Å². The molecule has 3 rings (SSSR count). The molecule has 0 spiro atoms. The maximum absolute atomic E-state index is 13.0. The number of carbonyl (C=O) groups is 1. The molecule has 1 N–H and O–H groups in total. The molecule has 0 aliphatic heterocycles. The van der Waals surface area contributed by atoms with Crippen molar-refractivity contribution in [3.8, 4) is 0 Å². The molecule has 0 radical (unpaired) electrons. The molecule has 1 aliphatic rings. The van der Waals surface area contributed by atoms with Crippen LogP contribution in [0, 0.1) is 5.95 Å². The van der Waals surface area contributed by atoms with Gasteiger partial charge in [0.15, 0.2) is 0 Å². The number of halogens is 1. The molecule has 1 unspecified atom stereocenters. The number of rotatable bonds is 2. The summed E-state index contributed by atoms with van der Waals surface area (Å²) in [5.41, 5.74) is 1.12. The number of pyridine rings is 1. The van der Waals surface area contributed by atoms with Gasteiger partial charge in [-0.1, -0.05) is 6.07 Å². The summed E-state index contributed by atoms with van der Waals surface area (Å²) >= 11 is 1.70. The maximum Gasteiger partial charge on any atom is 0.233 e. The van der Waals surface area contributed by atoms with E-state index in [0.717, 1.165) is 24.8 Å². The summed E-state index contributed by atoms with van der Waals surface area (Å²) in [5, 5.41) is 4.72. The fraction of sp³-hybridized carbons (Fsp3) is 0.286. The first-order valence-corrected chi connectivity index (χ1v) is 7.11. The third kappa shape index (κ3) is 2.51. The third-order valence-corrected chi connectivity index (χ3v) is 4.33. The third-order valence-electron chi connectivity index (χ3n) is 3.33. The van der Waals surface area contributed by atoms with E-state index in [2.05, 4.69) is 10.3 Å². The van der Waals surface area contributed by atoms with Gasteiger partial charge in [-0.2, -0.15) is 4.39 Å². The number of carbonyl (C=O) groups excluding carboxylic acids is 1. The SMILES string of the molecule is O=C(Nc1cccc(F)n1)C1CCCc2sccc21. The number of aromatic nitrogens is 1. The van der Waals surface area contributed by atoms with E-state index in [-0.39, 0.29) is 17.6 Å². The lowest BCUT2D eigenvalue weighted by Gasteiger charge is -2.21. The highest BCUT2D eigenvalue weighted by atomic mass is 32.1. The molecule has 2 aromatic rings. The Hall–Kier alpha value is -1.75. The predicted octanol–water partition coefficient (Wildman–Crippen LogP) is 3.34. The molecule has 1 amide bonds. The van der Waals surface area contributed by atoms with E-state index in [1.54, 1.807) is 17.4 Å². The summed E-state index contributed by atoms with van der Waals surface area (Å²) in [6.45, 7) is 0. The average Bonchev–Trinajstić information content (AvgIpc) is 2.86. The van der Waals surface area contributed by atoms with E-state index < -0.39 is 5.95 Å². The number of amides is 1. The van der Waals surface area contributed by atoms with Crippen LogP contribution in [0.25, 0.3) is 0 Å². The topological polar surface area (TPSA) is 42.0 Å². The maximum atomic E-state index is 13.0. The Labute approximate surface area is 114 Å². The molecule has 0 saturated carbocycles. The normalized spacial score (nSPS) is 17.8. The molecule has 0 saturated heterocycles. The van der Waals surface area contributed by atoms with Crippen LogP contribution in [0.4, 0.5) is 10.2 Å². The predicted molar refractivity (Wildman–Crippen MR) is 72.8 cm³/mol. The lowest BCUT2D eigenvalue weighted by Crippen LogP contribution is -2.24. The van der Waals surface area contributed by atoms with Gasteiger partial charge in [0, 0.05) is 4.88 Å². The second-order valence-electron chi connectivity index (χ2n) is 4.58. The van der Waals surface area contributed by atoms with Crippen molar-refractivity contribution in [1.29, 1.82) is 0 Å². The fourth-order valence-corrected chi connectivity index (χ4v) is 3.44. The number of thiophene rings is 1. The molecule has 0 aromatic carbocycles. The Morgan fingerprint density at radius 3 is 3.16 bits per heavy atom. The van der Waals surface area contributed by atoms with Gasteiger partial charge in [0.1, 0.15) is 5.82 Å². The van der Waals surface area contributed by atoms with Gasteiger partial charge in [-0.15, -0.1) is 11.3 Å². The van der Waals surface area contributed by atoms with Gasteiger partial charge in [-0.25, -0.2) is 4.98 Å². The van der Waals surface area contributed by atoms with Crippen molar-refractivity contribution >= 4 is 23.1 Å². The van der Waals surface area contributed by atoms with Crippen molar-refractivity contribution in [2.24, 2.45) is 0 Å². The Morgan fingerprint density at radius 1 is 1.42 bits per heavy atom. The van der Waals surface area contributed by atoms with Gasteiger partial charge in [-0.05, 0) is 48.4 Å². The molecule has 2 aromatic heterocycles. The molecular weight excluding hydrogens is 263 g/mol. The Morgan fingerprint density at radius 2 is 2.32 bits per heavy atom. The minimum absolute atomic E-state index is 0.0996. The number of nitrogens with one attached hydrogen (secondary N) is 1. The molecule has 5 heteroatoms. The summed E-state index contributed by atoms with van der Waals surface area (Å²) < 4.78 is 13.0. The number of anilines is 1.